The lowest BCUT2D eigenvalue weighted by Crippen LogP contribution is -2.26. The number of hydrogen-bond acceptors (Lipinski definition) is 6. The van der Waals surface area contributed by atoms with Crippen LogP contribution in [0.5, 0.6) is 0 Å². The number of aryl methyl sites for hydroxylation is 1. The Kier molecular flexibility index (Phi) is 23.0. The van der Waals surface area contributed by atoms with Gasteiger partial charge >= 0.3 is 11.9 Å². The molecule has 2 rings (SSSR count). The fourth-order valence-electron chi connectivity index (χ4n) is 6.73. The zero-order chi connectivity index (χ0) is 34.0. The first-order valence-corrected chi connectivity index (χ1v) is 18.9. The first kappa shape index (κ1) is 40.7. The van der Waals surface area contributed by atoms with Gasteiger partial charge in [0.1, 0.15) is 6.10 Å². The van der Waals surface area contributed by atoms with E-state index in [4.69, 9.17) is 9.47 Å². The van der Waals surface area contributed by atoms with Crippen LogP contribution >= 0.6 is 0 Å². The first-order chi connectivity index (χ1) is 22.9. The van der Waals surface area contributed by atoms with Crippen LogP contribution in [0.4, 0.5) is 0 Å². The van der Waals surface area contributed by atoms with Crippen LogP contribution in [0.25, 0.3) is 0 Å². The second kappa shape index (κ2) is 26.5. The summed E-state index contributed by atoms with van der Waals surface area (Å²) in [5.74, 6) is -0.472. The van der Waals surface area contributed by atoms with Gasteiger partial charge in [-0.05, 0) is 88.5 Å². The zero-order valence-electron chi connectivity index (χ0n) is 29.7. The zero-order valence-corrected chi connectivity index (χ0v) is 29.7. The average Bonchev–Trinajstić information content (AvgIpc) is 3.35. The average molecular weight is 655 g/mol. The molecule has 5 atom stereocenters. The lowest BCUT2D eigenvalue weighted by Gasteiger charge is -2.25. The highest BCUT2D eigenvalue weighted by Gasteiger charge is 2.43. The second-order valence-corrected chi connectivity index (χ2v) is 13.6. The quantitative estimate of drug-likeness (QED) is 0.0558. The van der Waals surface area contributed by atoms with Crippen LogP contribution in [0.1, 0.15) is 148 Å². The third-order valence-electron chi connectivity index (χ3n) is 9.50. The monoisotopic (exact) mass is 654 g/mol. The van der Waals surface area contributed by atoms with E-state index >= 15 is 0 Å². The maximum absolute atomic E-state index is 12.1. The number of unbranched alkanes of at least 4 members (excludes halogenated alkanes) is 11. The number of aliphatic hydroxyl groups is 2. The number of carbonyl (C=O) groups is 2. The molecular formula is C41H66O6. The molecule has 0 bridgehead atoms. The van der Waals surface area contributed by atoms with Gasteiger partial charge in [0.15, 0.2) is 0 Å². The van der Waals surface area contributed by atoms with Gasteiger partial charge in [0.05, 0.1) is 18.8 Å². The van der Waals surface area contributed by atoms with Crippen molar-refractivity contribution in [3.63, 3.8) is 0 Å². The van der Waals surface area contributed by atoms with Gasteiger partial charge in [0.25, 0.3) is 0 Å². The summed E-state index contributed by atoms with van der Waals surface area (Å²) in [5, 5.41) is 21.4. The van der Waals surface area contributed by atoms with E-state index in [1.165, 1.54) is 76.7 Å². The minimum Gasteiger partial charge on any atom is -0.466 e. The Morgan fingerprint density at radius 2 is 1.47 bits per heavy atom. The molecule has 6 heteroatoms. The molecule has 0 saturated heterocycles. The van der Waals surface area contributed by atoms with Crippen molar-refractivity contribution in [2.75, 3.05) is 6.61 Å². The summed E-state index contributed by atoms with van der Waals surface area (Å²) in [7, 11) is 0. The third-order valence-corrected chi connectivity index (χ3v) is 9.50. The molecule has 6 nitrogen and oxygen atoms in total. The van der Waals surface area contributed by atoms with Crippen molar-refractivity contribution in [3.05, 3.63) is 60.2 Å². The molecule has 0 heterocycles. The van der Waals surface area contributed by atoms with Gasteiger partial charge in [0, 0.05) is 25.7 Å². The number of ether oxygens (including phenoxy) is 2. The second-order valence-electron chi connectivity index (χ2n) is 13.6. The maximum atomic E-state index is 12.1. The van der Waals surface area contributed by atoms with E-state index in [9.17, 15) is 19.8 Å². The Balaban J connectivity index is 1.55. The molecule has 0 radical (unpaired) electrons. The molecule has 0 unspecified atom stereocenters. The summed E-state index contributed by atoms with van der Waals surface area (Å²) >= 11 is 0. The van der Waals surface area contributed by atoms with Crippen LogP contribution in [-0.4, -0.2) is 47.1 Å². The standard InChI is InChI=1S/C41H66O6/c1-3-4-5-6-7-8-9-10-11-12-13-14-17-23-32-46-41(45)27-22-16-15-21-26-38-37(39(44)33-40(38)47-34(2)42)31-30-36(43)29-28-35-24-19-18-20-25-35/h8-9,15,18-21,24-25,36-40,43-44H,3-7,10-14,16-17,22-23,26-33H2,1-2H3/b9-8+,21-15-/t36-,37+,38+,39+,40-/m0/s1. The van der Waals surface area contributed by atoms with E-state index in [0.29, 0.717) is 45.1 Å². The summed E-state index contributed by atoms with van der Waals surface area (Å²) in [6, 6.07) is 10.2. The minimum absolute atomic E-state index is 0.0124. The Morgan fingerprint density at radius 3 is 2.17 bits per heavy atom. The van der Waals surface area contributed by atoms with E-state index in [2.05, 4.69) is 43.4 Å². The van der Waals surface area contributed by atoms with Gasteiger partial charge in [-0.25, -0.2) is 0 Å². The van der Waals surface area contributed by atoms with E-state index in [0.717, 1.165) is 32.1 Å². The van der Waals surface area contributed by atoms with E-state index in [-0.39, 0.29) is 29.9 Å². The van der Waals surface area contributed by atoms with Crippen LogP contribution in [0.2, 0.25) is 0 Å². The molecule has 0 aliphatic heterocycles. The fraction of sp³-hybridized carbons (Fsp3) is 0.707. The number of benzene rings is 1. The summed E-state index contributed by atoms with van der Waals surface area (Å²) in [5.41, 5.74) is 1.21. The Labute approximate surface area is 286 Å². The predicted octanol–water partition coefficient (Wildman–Crippen LogP) is 9.61. The molecule has 47 heavy (non-hydrogen) atoms. The molecule has 0 amide bonds. The largest absolute Gasteiger partial charge is 0.466 e. The smallest absolute Gasteiger partial charge is 0.305 e. The molecule has 1 aliphatic carbocycles. The molecule has 1 aromatic carbocycles. The van der Waals surface area contributed by atoms with Crippen LogP contribution in [0, 0.1) is 11.8 Å². The van der Waals surface area contributed by atoms with E-state index in [1.54, 1.807) is 0 Å². The Hall–Kier alpha value is -2.44. The number of esters is 2. The Morgan fingerprint density at radius 1 is 0.830 bits per heavy atom. The Bertz CT molecular complexity index is 989. The van der Waals surface area contributed by atoms with Crippen molar-refractivity contribution < 1.29 is 29.3 Å². The van der Waals surface area contributed by atoms with E-state index in [1.807, 2.05) is 18.2 Å². The fourth-order valence-corrected chi connectivity index (χ4v) is 6.73. The molecule has 0 spiro atoms. The molecule has 1 saturated carbocycles. The van der Waals surface area contributed by atoms with Crippen LogP contribution in [-0.2, 0) is 25.5 Å². The number of allylic oxidation sites excluding steroid dienone is 4. The van der Waals surface area contributed by atoms with Crippen molar-refractivity contribution in [1.29, 1.82) is 0 Å². The van der Waals surface area contributed by atoms with Gasteiger partial charge in [-0.15, -0.1) is 0 Å². The van der Waals surface area contributed by atoms with Crippen LogP contribution < -0.4 is 0 Å². The van der Waals surface area contributed by atoms with Gasteiger partial charge < -0.3 is 19.7 Å². The first-order valence-electron chi connectivity index (χ1n) is 18.9. The van der Waals surface area contributed by atoms with Crippen molar-refractivity contribution in [2.24, 2.45) is 11.8 Å². The molecule has 266 valence electrons. The summed E-state index contributed by atoms with van der Waals surface area (Å²) < 4.78 is 11.0. The van der Waals surface area contributed by atoms with Crippen LogP contribution in [0.3, 0.4) is 0 Å². The molecule has 2 N–H and O–H groups in total. The van der Waals surface area contributed by atoms with Gasteiger partial charge in [-0.2, -0.15) is 0 Å². The van der Waals surface area contributed by atoms with Crippen molar-refractivity contribution in [2.45, 2.75) is 167 Å². The number of rotatable bonds is 27. The highest BCUT2D eigenvalue weighted by molar-refractivity contribution is 5.69. The molecule has 1 aromatic rings. The molecule has 1 aliphatic rings. The molecular weight excluding hydrogens is 588 g/mol. The van der Waals surface area contributed by atoms with E-state index < -0.39 is 12.2 Å². The lowest BCUT2D eigenvalue weighted by molar-refractivity contribution is -0.148. The highest BCUT2D eigenvalue weighted by Crippen LogP contribution is 2.40. The number of carbonyl (C=O) groups excluding carboxylic acids is 2. The number of aliphatic hydroxyl groups excluding tert-OH is 2. The van der Waals surface area contributed by atoms with Crippen molar-refractivity contribution >= 4 is 11.9 Å². The van der Waals surface area contributed by atoms with Crippen LogP contribution in [0.15, 0.2) is 54.6 Å². The highest BCUT2D eigenvalue weighted by atomic mass is 16.5. The molecule has 0 aromatic heterocycles. The predicted molar refractivity (Wildman–Crippen MR) is 192 cm³/mol. The van der Waals surface area contributed by atoms with Gasteiger partial charge in [0.2, 0.25) is 0 Å². The third kappa shape index (κ3) is 19.9. The SMILES string of the molecule is CCCCCC/C=C/CCCCCCCCOC(=O)CCC/C=C\C[C@@H]1[C@@H](CC[C@@H](O)CCc2ccccc2)[C@H](O)C[C@@H]1OC(C)=O. The summed E-state index contributed by atoms with van der Waals surface area (Å²) in [6.07, 6.45) is 28.2. The van der Waals surface area contributed by atoms with Crippen molar-refractivity contribution in [1.82, 2.24) is 0 Å². The number of hydrogen-bond donors (Lipinski definition) is 2. The van der Waals surface area contributed by atoms with Gasteiger partial charge in [-0.1, -0.05) is 107 Å². The lowest BCUT2D eigenvalue weighted by atomic mass is 9.85. The van der Waals surface area contributed by atoms with Crippen molar-refractivity contribution in [3.8, 4) is 0 Å². The topological polar surface area (TPSA) is 93.1 Å². The van der Waals surface area contributed by atoms with Gasteiger partial charge in [-0.3, -0.25) is 9.59 Å². The summed E-state index contributed by atoms with van der Waals surface area (Å²) in [6.45, 7) is 4.18. The maximum Gasteiger partial charge on any atom is 0.305 e. The normalized spacial score (nSPS) is 20.3. The minimum atomic E-state index is -0.550. The molecule has 1 fully saturated rings. The summed E-state index contributed by atoms with van der Waals surface area (Å²) in [4.78, 5) is 23.9.